The topological polar surface area (TPSA) is 61.8 Å². The maximum absolute atomic E-state index is 9.67. The quantitative estimate of drug-likeness (QED) is 0.671. The molecule has 0 radical (unpaired) electrons. The molecule has 0 unspecified atom stereocenters. The molecule has 0 saturated heterocycles. The molecule has 2 aromatic heterocycles. The van der Waals surface area contributed by atoms with E-state index in [0.29, 0.717) is 11.5 Å². The Bertz CT molecular complexity index is 660. The number of halogens is 1. The van der Waals surface area contributed by atoms with Crippen molar-refractivity contribution >= 4 is 33.8 Å². The number of phenolic OH excluding ortho intramolecular Hbond substituents is 1. The molecule has 4 nitrogen and oxygen atoms in total. The third-order valence-corrected chi connectivity index (χ3v) is 3.39. The van der Waals surface area contributed by atoms with Crippen LogP contribution in [0.3, 0.4) is 0 Å². The number of hydrogen-bond donors (Lipinski definition) is 2. The van der Waals surface area contributed by atoms with Crippen molar-refractivity contribution < 1.29 is 5.11 Å². The van der Waals surface area contributed by atoms with E-state index >= 15 is 0 Å². The molecular formula is C12H8IN3O. The molecule has 1 aromatic carbocycles. The summed E-state index contributed by atoms with van der Waals surface area (Å²) in [4.78, 5) is 11.7. The summed E-state index contributed by atoms with van der Waals surface area (Å²) >= 11 is 2.08. The van der Waals surface area contributed by atoms with Crippen molar-refractivity contribution in [2.45, 2.75) is 0 Å². The number of nitrogens with zero attached hydrogens (tertiary/aromatic N) is 2. The fourth-order valence-electron chi connectivity index (χ4n) is 1.64. The van der Waals surface area contributed by atoms with Gasteiger partial charge < -0.3 is 10.1 Å². The lowest BCUT2D eigenvalue weighted by Crippen LogP contribution is -1.81. The fourth-order valence-corrected chi connectivity index (χ4v) is 1.98. The number of phenols is 1. The first-order valence-electron chi connectivity index (χ1n) is 5.03. The number of nitrogens with one attached hydrogen (secondary N) is 1. The first-order valence-corrected chi connectivity index (χ1v) is 6.11. The minimum atomic E-state index is 0.261. The minimum absolute atomic E-state index is 0.261. The van der Waals surface area contributed by atoms with Crippen molar-refractivity contribution in [1.82, 2.24) is 15.0 Å². The molecule has 0 saturated carbocycles. The van der Waals surface area contributed by atoms with Gasteiger partial charge in [0.1, 0.15) is 11.6 Å². The SMILES string of the molecule is Oc1cc(-c2nc3ncccc3[nH]2)ccc1I. The molecular weight excluding hydrogens is 329 g/mol. The molecule has 3 aromatic rings. The second kappa shape index (κ2) is 3.99. The smallest absolute Gasteiger partial charge is 0.178 e. The van der Waals surface area contributed by atoms with Gasteiger partial charge in [-0.15, -0.1) is 0 Å². The second-order valence-electron chi connectivity index (χ2n) is 3.63. The molecule has 0 bridgehead atoms. The van der Waals surface area contributed by atoms with Crippen molar-refractivity contribution in [1.29, 1.82) is 0 Å². The zero-order valence-electron chi connectivity index (χ0n) is 8.68. The number of benzene rings is 1. The number of hydrogen-bond acceptors (Lipinski definition) is 3. The van der Waals surface area contributed by atoms with Gasteiger partial charge in [-0.3, -0.25) is 0 Å². The Kier molecular flexibility index (Phi) is 2.47. The number of fused-ring (bicyclic) bond motifs is 1. The summed E-state index contributed by atoms with van der Waals surface area (Å²) in [5, 5.41) is 9.67. The van der Waals surface area contributed by atoms with Crippen LogP contribution in [-0.4, -0.2) is 20.1 Å². The van der Waals surface area contributed by atoms with Crippen LogP contribution in [0.4, 0.5) is 0 Å². The van der Waals surface area contributed by atoms with Crippen molar-refractivity contribution in [3.8, 4) is 17.1 Å². The average molecular weight is 337 g/mol. The summed E-state index contributed by atoms with van der Waals surface area (Å²) in [5.41, 5.74) is 2.42. The van der Waals surface area contributed by atoms with Crippen molar-refractivity contribution in [3.05, 3.63) is 40.1 Å². The van der Waals surface area contributed by atoms with Crippen LogP contribution in [0, 0.1) is 3.57 Å². The Morgan fingerprint density at radius 1 is 1.24 bits per heavy atom. The van der Waals surface area contributed by atoms with Crippen molar-refractivity contribution in [2.75, 3.05) is 0 Å². The highest BCUT2D eigenvalue weighted by atomic mass is 127. The predicted octanol–water partition coefficient (Wildman–Crippen LogP) is 2.94. The van der Waals surface area contributed by atoms with Crippen molar-refractivity contribution in [2.24, 2.45) is 0 Å². The zero-order chi connectivity index (χ0) is 11.8. The van der Waals surface area contributed by atoms with Crippen LogP contribution in [0.1, 0.15) is 0 Å². The summed E-state index contributed by atoms with van der Waals surface area (Å²) in [5.74, 6) is 0.974. The lowest BCUT2D eigenvalue weighted by Gasteiger charge is -1.99. The third-order valence-electron chi connectivity index (χ3n) is 2.48. The van der Waals surface area contributed by atoms with E-state index in [2.05, 4.69) is 37.5 Å². The highest BCUT2D eigenvalue weighted by molar-refractivity contribution is 14.1. The van der Waals surface area contributed by atoms with E-state index in [1.165, 1.54) is 0 Å². The van der Waals surface area contributed by atoms with Gasteiger partial charge in [0, 0.05) is 11.8 Å². The molecule has 17 heavy (non-hydrogen) atoms. The first kappa shape index (κ1) is 10.5. The lowest BCUT2D eigenvalue weighted by atomic mass is 10.2. The largest absolute Gasteiger partial charge is 0.507 e. The molecule has 0 aliphatic heterocycles. The van der Waals surface area contributed by atoms with Crippen LogP contribution in [0.5, 0.6) is 5.75 Å². The summed E-state index contributed by atoms with van der Waals surface area (Å²) < 4.78 is 0.820. The highest BCUT2D eigenvalue weighted by Gasteiger charge is 2.07. The molecule has 0 fully saturated rings. The van der Waals surface area contributed by atoms with E-state index in [1.807, 2.05) is 24.3 Å². The fraction of sp³-hybridized carbons (Fsp3) is 0. The maximum atomic E-state index is 9.67. The molecule has 84 valence electrons. The van der Waals surface area contributed by atoms with Gasteiger partial charge in [-0.2, -0.15) is 0 Å². The Labute approximate surface area is 111 Å². The van der Waals surface area contributed by atoms with E-state index in [1.54, 1.807) is 12.3 Å². The van der Waals surface area contributed by atoms with Crippen LogP contribution in [-0.2, 0) is 0 Å². The summed E-state index contributed by atoms with van der Waals surface area (Å²) in [7, 11) is 0. The maximum Gasteiger partial charge on any atom is 0.178 e. The molecule has 3 rings (SSSR count). The molecule has 0 atom stereocenters. The standard InChI is InChI=1S/C12H8IN3O/c13-8-4-3-7(6-10(8)17)11-15-9-2-1-5-14-12(9)16-11/h1-6,17H,(H,14,15,16). The Morgan fingerprint density at radius 2 is 2.12 bits per heavy atom. The second-order valence-corrected chi connectivity index (χ2v) is 4.79. The number of imidazole rings is 1. The monoisotopic (exact) mass is 337 g/mol. The minimum Gasteiger partial charge on any atom is -0.507 e. The molecule has 0 aliphatic carbocycles. The molecule has 0 amide bonds. The highest BCUT2D eigenvalue weighted by Crippen LogP contribution is 2.26. The van der Waals surface area contributed by atoms with E-state index in [9.17, 15) is 5.11 Å². The number of aromatic nitrogens is 3. The molecule has 0 aliphatic rings. The number of pyridine rings is 1. The third kappa shape index (κ3) is 1.86. The van der Waals surface area contributed by atoms with Crippen LogP contribution in [0.2, 0.25) is 0 Å². The van der Waals surface area contributed by atoms with E-state index < -0.39 is 0 Å². The van der Waals surface area contributed by atoms with Crippen LogP contribution in [0.25, 0.3) is 22.6 Å². The number of rotatable bonds is 1. The normalized spacial score (nSPS) is 10.9. The summed E-state index contributed by atoms with van der Waals surface area (Å²) in [6.45, 7) is 0. The van der Waals surface area contributed by atoms with E-state index in [4.69, 9.17) is 0 Å². The summed E-state index contributed by atoms with van der Waals surface area (Å²) in [6.07, 6.45) is 1.71. The predicted molar refractivity (Wildman–Crippen MR) is 73.7 cm³/mol. The molecule has 2 heterocycles. The molecule has 5 heteroatoms. The Morgan fingerprint density at radius 3 is 2.88 bits per heavy atom. The average Bonchev–Trinajstić information content (AvgIpc) is 2.76. The zero-order valence-corrected chi connectivity index (χ0v) is 10.8. The van der Waals surface area contributed by atoms with Crippen LogP contribution in [0.15, 0.2) is 36.5 Å². The number of aromatic amines is 1. The van der Waals surface area contributed by atoms with Gasteiger partial charge in [-0.05, 0) is 52.9 Å². The van der Waals surface area contributed by atoms with Gasteiger partial charge in [0.25, 0.3) is 0 Å². The van der Waals surface area contributed by atoms with Gasteiger partial charge in [-0.1, -0.05) is 0 Å². The van der Waals surface area contributed by atoms with Gasteiger partial charge in [0.15, 0.2) is 5.65 Å². The van der Waals surface area contributed by atoms with Crippen LogP contribution < -0.4 is 0 Å². The first-order chi connectivity index (χ1) is 8.24. The van der Waals surface area contributed by atoms with E-state index in [-0.39, 0.29) is 5.75 Å². The number of aromatic hydroxyl groups is 1. The molecule has 0 spiro atoms. The molecule has 2 N–H and O–H groups in total. The Balaban J connectivity index is 2.17. The van der Waals surface area contributed by atoms with Gasteiger partial charge in [0.05, 0.1) is 9.09 Å². The lowest BCUT2D eigenvalue weighted by molar-refractivity contribution is 0.471. The van der Waals surface area contributed by atoms with E-state index in [0.717, 1.165) is 14.7 Å². The summed E-state index contributed by atoms with van der Waals surface area (Å²) in [6, 6.07) is 9.24. The van der Waals surface area contributed by atoms with Gasteiger partial charge in [0.2, 0.25) is 0 Å². The Hall–Kier alpha value is -1.63. The number of H-pyrrole nitrogens is 1. The van der Waals surface area contributed by atoms with Crippen LogP contribution >= 0.6 is 22.6 Å². The van der Waals surface area contributed by atoms with Gasteiger partial charge in [-0.25, -0.2) is 9.97 Å². The van der Waals surface area contributed by atoms with Crippen molar-refractivity contribution in [3.63, 3.8) is 0 Å². The van der Waals surface area contributed by atoms with Gasteiger partial charge >= 0.3 is 0 Å².